The smallest absolute Gasteiger partial charge is 0.225 e. The van der Waals surface area contributed by atoms with Gasteiger partial charge in [-0.3, -0.25) is 9.69 Å². The van der Waals surface area contributed by atoms with Gasteiger partial charge in [0.05, 0.1) is 6.61 Å². The van der Waals surface area contributed by atoms with E-state index in [9.17, 15) is 4.79 Å². The number of rotatable bonds is 5. The molecular formula is C18H28N2O2. The van der Waals surface area contributed by atoms with Gasteiger partial charge >= 0.3 is 0 Å². The van der Waals surface area contributed by atoms with Gasteiger partial charge in [0.2, 0.25) is 5.91 Å². The van der Waals surface area contributed by atoms with Gasteiger partial charge in [-0.2, -0.15) is 0 Å². The number of amides is 1. The Morgan fingerprint density at radius 2 is 1.77 bits per heavy atom. The van der Waals surface area contributed by atoms with Crippen LogP contribution in [0, 0.1) is 5.92 Å². The standard InChI is InChI=1S/C18H28N2O2/c1-14(2)19(3)18(22)17-8-10-20(11-9-17)12-15-4-6-16(13-21)7-5-15/h4-7,14,17,21H,8-13H2,1-3H3. The lowest BCUT2D eigenvalue weighted by atomic mass is 9.94. The number of hydrogen-bond acceptors (Lipinski definition) is 3. The van der Waals surface area contributed by atoms with Gasteiger partial charge in [-0.05, 0) is 50.9 Å². The van der Waals surface area contributed by atoms with Crippen molar-refractivity contribution in [3.63, 3.8) is 0 Å². The molecule has 0 saturated carbocycles. The topological polar surface area (TPSA) is 43.8 Å². The molecule has 2 rings (SSSR count). The number of piperidine rings is 1. The number of aliphatic hydroxyl groups excluding tert-OH is 1. The van der Waals surface area contributed by atoms with Crippen LogP contribution in [0.1, 0.15) is 37.8 Å². The number of carbonyl (C=O) groups is 1. The summed E-state index contributed by atoms with van der Waals surface area (Å²) in [5, 5.41) is 9.07. The summed E-state index contributed by atoms with van der Waals surface area (Å²) >= 11 is 0. The zero-order chi connectivity index (χ0) is 16.1. The predicted octanol–water partition coefficient (Wildman–Crippen LogP) is 2.26. The average molecular weight is 304 g/mol. The van der Waals surface area contributed by atoms with Gasteiger partial charge in [0.15, 0.2) is 0 Å². The summed E-state index contributed by atoms with van der Waals surface area (Å²) in [6.45, 7) is 7.09. The fourth-order valence-electron chi connectivity index (χ4n) is 2.89. The van der Waals surface area contributed by atoms with E-state index in [0.29, 0.717) is 5.91 Å². The Labute approximate surface area is 133 Å². The van der Waals surface area contributed by atoms with Gasteiger partial charge in [0, 0.05) is 25.6 Å². The highest BCUT2D eigenvalue weighted by Gasteiger charge is 2.27. The van der Waals surface area contributed by atoms with Crippen molar-refractivity contribution in [1.82, 2.24) is 9.80 Å². The molecule has 1 aromatic carbocycles. The van der Waals surface area contributed by atoms with Gasteiger partial charge in [-0.15, -0.1) is 0 Å². The van der Waals surface area contributed by atoms with Crippen LogP contribution in [-0.4, -0.2) is 47.0 Å². The fourth-order valence-corrected chi connectivity index (χ4v) is 2.89. The number of nitrogens with zero attached hydrogens (tertiary/aromatic N) is 2. The maximum absolute atomic E-state index is 12.4. The first-order valence-corrected chi connectivity index (χ1v) is 8.19. The van der Waals surface area contributed by atoms with Crippen LogP contribution in [0.5, 0.6) is 0 Å². The van der Waals surface area contributed by atoms with Crippen molar-refractivity contribution in [1.29, 1.82) is 0 Å². The molecule has 4 nitrogen and oxygen atoms in total. The summed E-state index contributed by atoms with van der Waals surface area (Å²) in [7, 11) is 1.90. The third-order valence-corrected chi connectivity index (χ3v) is 4.67. The Balaban J connectivity index is 1.82. The highest BCUT2D eigenvalue weighted by atomic mass is 16.3. The summed E-state index contributed by atoms with van der Waals surface area (Å²) in [4.78, 5) is 16.6. The molecule has 0 radical (unpaired) electrons. The summed E-state index contributed by atoms with van der Waals surface area (Å²) in [6, 6.07) is 8.38. The second-order valence-electron chi connectivity index (χ2n) is 6.57. The Morgan fingerprint density at radius 3 is 2.27 bits per heavy atom. The van der Waals surface area contributed by atoms with Crippen LogP contribution in [0.2, 0.25) is 0 Å². The molecule has 0 unspecified atom stereocenters. The van der Waals surface area contributed by atoms with Crippen LogP contribution >= 0.6 is 0 Å². The van der Waals surface area contributed by atoms with Gasteiger partial charge in [0.1, 0.15) is 0 Å². The van der Waals surface area contributed by atoms with E-state index in [2.05, 4.69) is 30.9 Å². The predicted molar refractivity (Wildman–Crippen MR) is 88.3 cm³/mol. The number of benzene rings is 1. The molecule has 1 aliphatic heterocycles. The van der Waals surface area contributed by atoms with Gasteiger partial charge in [-0.1, -0.05) is 24.3 Å². The van der Waals surface area contributed by atoms with Crippen LogP contribution in [0.15, 0.2) is 24.3 Å². The first-order chi connectivity index (χ1) is 10.5. The van der Waals surface area contributed by atoms with E-state index < -0.39 is 0 Å². The van der Waals surface area contributed by atoms with E-state index in [-0.39, 0.29) is 18.6 Å². The molecule has 0 bridgehead atoms. The van der Waals surface area contributed by atoms with Crippen molar-refractivity contribution in [2.75, 3.05) is 20.1 Å². The minimum atomic E-state index is 0.0944. The number of aliphatic hydroxyl groups is 1. The zero-order valence-corrected chi connectivity index (χ0v) is 14.0. The Hall–Kier alpha value is -1.39. The van der Waals surface area contributed by atoms with Crippen molar-refractivity contribution in [3.8, 4) is 0 Å². The monoisotopic (exact) mass is 304 g/mol. The molecule has 4 heteroatoms. The molecule has 0 aliphatic carbocycles. The molecule has 0 atom stereocenters. The Bertz CT molecular complexity index is 476. The van der Waals surface area contributed by atoms with Gasteiger partial charge in [-0.25, -0.2) is 0 Å². The normalized spacial score (nSPS) is 17.0. The molecule has 1 amide bonds. The lowest BCUT2D eigenvalue weighted by Gasteiger charge is -2.34. The van der Waals surface area contributed by atoms with Gasteiger partial charge < -0.3 is 10.0 Å². The zero-order valence-electron chi connectivity index (χ0n) is 14.0. The largest absolute Gasteiger partial charge is 0.392 e. The minimum absolute atomic E-state index is 0.0944. The fraction of sp³-hybridized carbons (Fsp3) is 0.611. The second kappa shape index (κ2) is 7.75. The molecule has 0 aromatic heterocycles. The molecule has 122 valence electrons. The quantitative estimate of drug-likeness (QED) is 0.907. The number of likely N-dealkylation sites (tertiary alicyclic amines) is 1. The van der Waals surface area contributed by atoms with Crippen LogP contribution in [-0.2, 0) is 17.9 Å². The molecule has 1 heterocycles. The maximum Gasteiger partial charge on any atom is 0.225 e. The third-order valence-electron chi connectivity index (χ3n) is 4.67. The van der Waals surface area contributed by atoms with Gasteiger partial charge in [0.25, 0.3) is 0 Å². The molecular weight excluding hydrogens is 276 g/mol. The first kappa shape index (κ1) is 17.0. The van der Waals surface area contributed by atoms with E-state index in [1.54, 1.807) is 0 Å². The van der Waals surface area contributed by atoms with Crippen LogP contribution in [0.25, 0.3) is 0 Å². The Morgan fingerprint density at radius 1 is 1.23 bits per heavy atom. The lowest BCUT2D eigenvalue weighted by molar-refractivity contribution is -0.137. The van der Waals surface area contributed by atoms with Crippen molar-refractivity contribution < 1.29 is 9.90 Å². The van der Waals surface area contributed by atoms with Crippen LogP contribution in [0.4, 0.5) is 0 Å². The van der Waals surface area contributed by atoms with Crippen molar-refractivity contribution >= 4 is 5.91 Å². The molecule has 0 spiro atoms. The molecule has 1 aromatic rings. The highest BCUT2D eigenvalue weighted by Crippen LogP contribution is 2.21. The van der Waals surface area contributed by atoms with Crippen LogP contribution in [0.3, 0.4) is 0 Å². The SMILES string of the molecule is CC(C)N(C)C(=O)C1CCN(Cc2ccc(CO)cc2)CC1. The van der Waals surface area contributed by atoms with E-state index in [1.165, 1.54) is 5.56 Å². The second-order valence-corrected chi connectivity index (χ2v) is 6.57. The maximum atomic E-state index is 12.4. The molecule has 1 N–H and O–H groups in total. The first-order valence-electron chi connectivity index (χ1n) is 8.19. The number of hydrogen-bond donors (Lipinski definition) is 1. The van der Waals surface area contributed by atoms with Crippen molar-refractivity contribution in [2.45, 2.75) is 45.9 Å². The van der Waals surface area contributed by atoms with Crippen LogP contribution < -0.4 is 0 Å². The minimum Gasteiger partial charge on any atom is -0.392 e. The average Bonchev–Trinajstić information content (AvgIpc) is 2.55. The number of carbonyl (C=O) groups excluding carboxylic acids is 1. The van der Waals surface area contributed by atoms with Crippen molar-refractivity contribution in [3.05, 3.63) is 35.4 Å². The van der Waals surface area contributed by atoms with E-state index >= 15 is 0 Å². The van der Waals surface area contributed by atoms with Crippen molar-refractivity contribution in [2.24, 2.45) is 5.92 Å². The summed E-state index contributed by atoms with van der Waals surface area (Å²) in [6.07, 6.45) is 1.90. The summed E-state index contributed by atoms with van der Waals surface area (Å²) in [5.41, 5.74) is 2.21. The lowest BCUT2D eigenvalue weighted by Crippen LogP contribution is -2.43. The third kappa shape index (κ3) is 4.31. The molecule has 1 aliphatic rings. The Kier molecular flexibility index (Phi) is 5.98. The molecule has 1 fully saturated rings. The highest BCUT2D eigenvalue weighted by molar-refractivity contribution is 5.78. The summed E-state index contributed by atoms with van der Waals surface area (Å²) < 4.78 is 0. The summed E-state index contributed by atoms with van der Waals surface area (Å²) in [5.74, 6) is 0.474. The molecule has 22 heavy (non-hydrogen) atoms. The van der Waals surface area contributed by atoms with E-state index in [4.69, 9.17) is 5.11 Å². The van der Waals surface area contributed by atoms with E-state index in [0.717, 1.165) is 38.0 Å². The van der Waals surface area contributed by atoms with E-state index in [1.807, 2.05) is 24.1 Å². The molecule has 1 saturated heterocycles.